The maximum atomic E-state index is 13.0. The van der Waals surface area contributed by atoms with E-state index in [-0.39, 0.29) is 17.3 Å². The van der Waals surface area contributed by atoms with E-state index in [0.717, 1.165) is 12.4 Å². The fourth-order valence-electron chi connectivity index (χ4n) is 1.13. The monoisotopic (exact) mass is 312 g/mol. The number of carbonyl (C=O) groups is 1. The number of ether oxygens (including phenoxy) is 1. The van der Waals surface area contributed by atoms with Gasteiger partial charge in [-0.1, -0.05) is 0 Å². The molecule has 5 nitrogen and oxygen atoms in total. The van der Waals surface area contributed by atoms with E-state index in [0.29, 0.717) is 4.47 Å². The van der Waals surface area contributed by atoms with Crippen molar-refractivity contribution in [2.24, 2.45) is 0 Å². The molecule has 92 valence electrons. The molecular weight excluding hydrogens is 307 g/mol. The van der Waals surface area contributed by atoms with Crippen LogP contribution in [0.3, 0.4) is 0 Å². The first-order valence-corrected chi connectivity index (χ1v) is 5.54. The Bertz CT molecular complexity index is 589. The molecule has 7 heteroatoms. The lowest BCUT2D eigenvalue weighted by molar-refractivity contribution is 0.0696. The van der Waals surface area contributed by atoms with E-state index < -0.39 is 11.8 Å². The number of aromatic carboxylic acids is 1. The first-order chi connectivity index (χ1) is 8.56. The van der Waals surface area contributed by atoms with Crippen molar-refractivity contribution in [2.75, 3.05) is 0 Å². The summed E-state index contributed by atoms with van der Waals surface area (Å²) in [5.74, 6) is -1.39. The van der Waals surface area contributed by atoms with Gasteiger partial charge < -0.3 is 9.84 Å². The molecule has 0 saturated heterocycles. The minimum Gasteiger partial charge on any atom is -0.478 e. The van der Waals surface area contributed by atoms with E-state index >= 15 is 0 Å². The molecule has 1 N–H and O–H groups in total. The quantitative estimate of drug-likeness (QED) is 0.943. The van der Waals surface area contributed by atoms with Gasteiger partial charge in [-0.15, -0.1) is 0 Å². The third kappa shape index (κ3) is 2.80. The number of benzene rings is 1. The molecule has 1 heterocycles. The van der Waals surface area contributed by atoms with Crippen LogP contribution in [0, 0.1) is 5.82 Å². The van der Waals surface area contributed by atoms with Crippen LogP contribution in [0.4, 0.5) is 4.39 Å². The number of carboxylic acid groups (broad SMARTS) is 1. The predicted molar refractivity (Wildman–Crippen MR) is 63.2 cm³/mol. The molecule has 0 aliphatic carbocycles. The molecule has 0 saturated carbocycles. The average molecular weight is 313 g/mol. The average Bonchev–Trinajstić information content (AvgIpc) is 2.34. The lowest BCUT2D eigenvalue weighted by Crippen LogP contribution is -2.00. The number of carboxylic acids is 1. The topological polar surface area (TPSA) is 72.3 Å². The van der Waals surface area contributed by atoms with Gasteiger partial charge in [0.1, 0.15) is 11.6 Å². The number of aromatic nitrogens is 2. The van der Waals surface area contributed by atoms with Gasteiger partial charge in [-0.3, -0.25) is 0 Å². The Morgan fingerprint density at radius 3 is 2.61 bits per heavy atom. The Kier molecular flexibility index (Phi) is 3.52. The standard InChI is InChI=1S/C11H6BrFN2O3/c12-8-2-1-7(13)3-9(8)18-11-14-4-6(5-15-11)10(16)17/h1-5H,(H,16,17). The minimum atomic E-state index is -1.13. The highest BCUT2D eigenvalue weighted by Crippen LogP contribution is 2.28. The van der Waals surface area contributed by atoms with E-state index in [4.69, 9.17) is 9.84 Å². The first-order valence-electron chi connectivity index (χ1n) is 4.74. The number of rotatable bonds is 3. The Morgan fingerprint density at radius 2 is 2.00 bits per heavy atom. The van der Waals surface area contributed by atoms with Crippen LogP contribution in [0.15, 0.2) is 35.1 Å². The van der Waals surface area contributed by atoms with Crippen molar-refractivity contribution in [1.29, 1.82) is 0 Å². The fourth-order valence-corrected chi connectivity index (χ4v) is 1.46. The Morgan fingerprint density at radius 1 is 1.33 bits per heavy atom. The summed E-state index contributed by atoms with van der Waals surface area (Å²) in [6.07, 6.45) is 2.22. The zero-order valence-corrected chi connectivity index (χ0v) is 10.4. The third-order valence-corrected chi connectivity index (χ3v) is 2.62. The molecule has 0 spiro atoms. The summed E-state index contributed by atoms with van der Waals surface area (Å²) in [7, 11) is 0. The SMILES string of the molecule is O=C(O)c1cnc(Oc2cc(F)ccc2Br)nc1. The second kappa shape index (κ2) is 5.09. The van der Waals surface area contributed by atoms with Gasteiger partial charge in [0.05, 0.1) is 10.0 Å². The molecular formula is C11H6BrFN2O3. The van der Waals surface area contributed by atoms with Gasteiger partial charge in [0.15, 0.2) is 0 Å². The van der Waals surface area contributed by atoms with E-state index in [1.807, 2.05) is 0 Å². The van der Waals surface area contributed by atoms with Gasteiger partial charge in [-0.2, -0.15) is 0 Å². The van der Waals surface area contributed by atoms with Crippen LogP contribution < -0.4 is 4.74 Å². The lowest BCUT2D eigenvalue weighted by atomic mass is 10.3. The van der Waals surface area contributed by atoms with E-state index in [2.05, 4.69) is 25.9 Å². The molecule has 0 amide bonds. The zero-order chi connectivity index (χ0) is 13.1. The van der Waals surface area contributed by atoms with Gasteiger partial charge in [0.25, 0.3) is 0 Å². The van der Waals surface area contributed by atoms with E-state index in [1.165, 1.54) is 18.2 Å². The molecule has 2 aromatic rings. The normalized spacial score (nSPS) is 10.1. The van der Waals surface area contributed by atoms with Crippen molar-refractivity contribution in [3.05, 3.63) is 46.4 Å². The van der Waals surface area contributed by atoms with Crippen molar-refractivity contribution in [2.45, 2.75) is 0 Å². The molecule has 0 fully saturated rings. The summed E-state index contributed by atoms with van der Waals surface area (Å²) in [4.78, 5) is 18.0. The van der Waals surface area contributed by atoms with Gasteiger partial charge in [-0.05, 0) is 28.1 Å². The number of hydrogen-bond acceptors (Lipinski definition) is 4. The highest BCUT2D eigenvalue weighted by Gasteiger charge is 2.08. The molecule has 0 unspecified atom stereocenters. The van der Waals surface area contributed by atoms with Crippen molar-refractivity contribution in [1.82, 2.24) is 9.97 Å². The lowest BCUT2D eigenvalue weighted by Gasteiger charge is -2.05. The molecule has 1 aromatic heterocycles. The number of hydrogen-bond donors (Lipinski definition) is 1. The summed E-state index contributed by atoms with van der Waals surface area (Å²) in [6.45, 7) is 0. The Hall–Kier alpha value is -2.02. The molecule has 0 atom stereocenters. The number of nitrogens with zero attached hydrogens (tertiary/aromatic N) is 2. The summed E-state index contributed by atoms with van der Waals surface area (Å²) < 4.78 is 18.8. The highest BCUT2D eigenvalue weighted by molar-refractivity contribution is 9.10. The van der Waals surface area contributed by atoms with Crippen LogP contribution >= 0.6 is 15.9 Å². The van der Waals surface area contributed by atoms with Crippen LogP contribution in [-0.4, -0.2) is 21.0 Å². The summed E-state index contributed by atoms with van der Waals surface area (Å²) >= 11 is 3.18. The minimum absolute atomic E-state index is 0.0549. The van der Waals surface area contributed by atoms with Crippen LogP contribution in [0.5, 0.6) is 11.8 Å². The molecule has 0 bridgehead atoms. The second-order valence-electron chi connectivity index (χ2n) is 3.24. The second-order valence-corrected chi connectivity index (χ2v) is 4.09. The van der Waals surface area contributed by atoms with Crippen LogP contribution in [0.1, 0.15) is 10.4 Å². The molecule has 18 heavy (non-hydrogen) atoms. The summed E-state index contributed by atoms with van der Waals surface area (Å²) in [5, 5.41) is 8.67. The maximum absolute atomic E-state index is 13.0. The van der Waals surface area contributed by atoms with E-state index in [9.17, 15) is 9.18 Å². The zero-order valence-electron chi connectivity index (χ0n) is 8.80. The predicted octanol–water partition coefficient (Wildman–Crippen LogP) is 2.87. The van der Waals surface area contributed by atoms with Crippen LogP contribution in [-0.2, 0) is 0 Å². The summed E-state index contributed by atoms with van der Waals surface area (Å²) in [6, 6.07) is 3.85. The van der Waals surface area contributed by atoms with Gasteiger partial charge in [-0.25, -0.2) is 19.2 Å². The van der Waals surface area contributed by atoms with Crippen molar-refractivity contribution >= 4 is 21.9 Å². The molecule has 2 rings (SSSR count). The van der Waals surface area contributed by atoms with E-state index in [1.54, 1.807) is 0 Å². The number of halogens is 2. The van der Waals surface area contributed by atoms with Crippen molar-refractivity contribution in [3.63, 3.8) is 0 Å². The Balaban J connectivity index is 2.23. The molecule has 0 aliphatic rings. The molecule has 0 aliphatic heterocycles. The third-order valence-electron chi connectivity index (χ3n) is 1.97. The molecule has 0 radical (unpaired) electrons. The van der Waals surface area contributed by atoms with Crippen molar-refractivity contribution < 1.29 is 19.0 Å². The van der Waals surface area contributed by atoms with Gasteiger partial charge in [0, 0.05) is 18.5 Å². The maximum Gasteiger partial charge on any atom is 0.338 e. The highest BCUT2D eigenvalue weighted by atomic mass is 79.9. The van der Waals surface area contributed by atoms with Gasteiger partial charge in [0.2, 0.25) is 0 Å². The smallest absolute Gasteiger partial charge is 0.338 e. The Labute approximate surface area is 109 Å². The van der Waals surface area contributed by atoms with Gasteiger partial charge >= 0.3 is 12.0 Å². The first kappa shape index (κ1) is 12.4. The fraction of sp³-hybridized carbons (Fsp3) is 0. The largest absolute Gasteiger partial charge is 0.478 e. The molecule has 1 aromatic carbocycles. The summed E-state index contributed by atoms with van der Waals surface area (Å²) in [5.41, 5.74) is -0.0549. The van der Waals surface area contributed by atoms with Crippen LogP contribution in [0.25, 0.3) is 0 Å². The van der Waals surface area contributed by atoms with Crippen molar-refractivity contribution in [3.8, 4) is 11.8 Å². The van der Waals surface area contributed by atoms with Crippen LogP contribution in [0.2, 0.25) is 0 Å².